The van der Waals surface area contributed by atoms with Crippen LogP contribution in [0.2, 0.25) is 0 Å². The molecule has 0 saturated carbocycles. The highest BCUT2D eigenvalue weighted by Crippen LogP contribution is 2.26. The van der Waals surface area contributed by atoms with E-state index in [4.69, 9.17) is 4.42 Å². The molecule has 2 heterocycles. The standard InChI is InChI=1S/C13H19N3O3S2/c1-8-7-20-12(16-8)6-15-21(17,18)13-10(3)19-9(2)11(13)5-14-4/h7,14-15H,5-6H2,1-4H3. The molecule has 0 bridgehead atoms. The maximum absolute atomic E-state index is 12.5. The average Bonchev–Trinajstić information content (AvgIpc) is 2.92. The third-order valence-electron chi connectivity index (χ3n) is 3.03. The molecule has 6 nitrogen and oxygen atoms in total. The van der Waals surface area contributed by atoms with Crippen molar-refractivity contribution in [3.05, 3.63) is 33.2 Å². The highest BCUT2D eigenvalue weighted by molar-refractivity contribution is 7.89. The first-order chi connectivity index (χ1) is 9.85. The number of aromatic nitrogens is 1. The first-order valence-corrected chi connectivity index (χ1v) is 8.85. The van der Waals surface area contributed by atoms with Crippen molar-refractivity contribution in [3.8, 4) is 0 Å². The lowest BCUT2D eigenvalue weighted by molar-refractivity contribution is 0.493. The van der Waals surface area contributed by atoms with Crippen molar-refractivity contribution in [1.82, 2.24) is 15.0 Å². The van der Waals surface area contributed by atoms with Crippen LogP contribution in [0.3, 0.4) is 0 Å². The van der Waals surface area contributed by atoms with Crippen LogP contribution in [0.1, 0.15) is 27.8 Å². The molecule has 2 aromatic rings. The van der Waals surface area contributed by atoms with E-state index in [0.717, 1.165) is 10.7 Å². The summed E-state index contributed by atoms with van der Waals surface area (Å²) in [5, 5.41) is 5.60. The lowest BCUT2D eigenvalue weighted by atomic mass is 10.2. The Labute approximate surface area is 128 Å². The molecule has 0 aliphatic carbocycles. The van der Waals surface area contributed by atoms with E-state index in [9.17, 15) is 8.42 Å². The maximum atomic E-state index is 12.5. The van der Waals surface area contributed by atoms with Crippen molar-refractivity contribution in [3.63, 3.8) is 0 Å². The van der Waals surface area contributed by atoms with Crippen molar-refractivity contribution in [2.24, 2.45) is 0 Å². The number of nitrogens with zero attached hydrogens (tertiary/aromatic N) is 1. The van der Waals surface area contributed by atoms with E-state index in [1.165, 1.54) is 11.3 Å². The molecule has 0 amide bonds. The van der Waals surface area contributed by atoms with Gasteiger partial charge in [0.05, 0.1) is 6.54 Å². The molecule has 2 rings (SSSR count). The minimum atomic E-state index is -3.63. The molecule has 0 aliphatic heterocycles. The summed E-state index contributed by atoms with van der Waals surface area (Å²) >= 11 is 1.44. The van der Waals surface area contributed by atoms with E-state index in [0.29, 0.717) is 23.6 Å². The van der Waals surface area contributed by atoms with Gasteiger partial charge in [-0.05, 0) is 27.8 Å². The summed E-state index contributed by atoms with van der Waals surface area (Å²) in [6.07, 6.45) is 0. The van der Waals surface area contributed by atoms with E-state index in [1.54, 1.807) is 20.9 Å². The molecule has 2 aromatic heterocycles. The fourth-order valence-electron chi connectivity index (χ4n) is 2.16. The van der Waals surface area contributed by atoms with Crippen LogP contribution in [-0.2, 0) is 23.1 Å². The number of furan rings is 1. The van der Waals surface area contributed by atoms with Crippen LogP contribution in [0.5, 0.6) is 0 Å². The topological polar surface area (TPSA) is 84.2 Å². The van der Waals surface area contributed by atoms with Gasteiger partial charge in [0.15, 0.2) is 0 Å². The number of rotatable bonds is 6. The zero-order chi connectivity index (χ0) is 15.6. The van der Waals surface area contributed by atoms with Crippen molar-refractivity contribution in [2.75, 3.05) is 7.05 Å². The number of sulfonamides is 1. The number of aryl methyl sites for hydroxylation is 3. The molecule has 0 aliphatic rings. The fourth-order valence-corrected chi connectivity index (χ4v) is 4.39. The summed E-state index contributed by atoms with van der Waals surface area (Å²) in [5.41, 5.74) is 1.55. The monoisotopic (exact) mass is 329 g/mol. The third-order valence-corrected chi connectivity index (χ3v) is 5.59. The summed E-state index contributed by atoms with van der Waals surface area (Å²) < 4.78 is 33.1. The molecule has 0 aromatic carbocycles. The van der Waals surface area contributed by atoms with Crippen LogP contribution in [0.25, 0.3) is 0 Å². The highest BCUT2D eigenvalue weighted by Gasteiger charge is 2.26. The zero-order valence-corrected chi connectivity index (χ0v) is 14.1. The smallest absolute Gasteiger partial charge is 0.244 e. The number of nitrogens with one attached hydrogen (secondary N) is 2. The second-order valence-electron chi connectivity index (χ2n) is 4.76. The SMILES string of the molecule is CNCc1c(C)oc(C)c1S(=O)(=O)NCc1nc(C)cs1. The molecule has 2 N–H and O–H groups in total. The van der Waals surface area contributed by atoms with Crippen LogP contribution in [0, 0.1) is 20.8 Å². The Morgan fingerprint density at radius 2 is 1.95 bits per heavy atom. The van der Waals surface area contributed by atoms with E-state index in [-0.39, 0.29) is 11.4 Å². The average molecular weight is 329 g/mol. The molecule has 0 fully saturated rings. The lowest BCUT2D eigenvalue weighted by Gasteiger charge is -2.07. The Balaban J connectivity index is 2.27. The van der Waals surface area contributed by atoms with Gasteiger partial charge in [-0.15, -0.1) is 11.3 Å². The summed E-state index contributed by atoms with van der Waals surface area (Å²) in [6, 6.07) is 0. The molecular formula is C13H19N3O3S2. The van der Waals surface area contributed by atoms with Crippen molar-refractivity contribution in [2.45, 2.75) is 38.8 Å². The highest BCUT2D eigenvalue weighted by atomic mass is 32.2. The van der Waals surface area contributed by atoms with Crippen LogP contribution < -0.4 is 10.0 Å². The Kier molecular flexibility index (Phi) is 4.82. The largest absolute Gasteiger partial charge is 0.465 e. The molecule has 0 spiro atoms. The van der Waals surface area contributed by atoms with E-state index in [1.807, 2.05) is 12.3 Å². The van der Waals surface area contributed by atoms with Gasteiger partial charge in [0.25, 0.3) is 0 Å². The summed E-state index contributed by atoms with van der Waals surface area (Å²) in [4.78, 5) is 4.47. The maximum Gasteiger partial charge on any atom is 0.244 e. The molecular weight excluding hydrogens is 310 g/mol. The van der Waals surface area contributed by atoms with E-state index < -0.39 is 10.0 Å². The van der Waals surface area contributed by atoms with Gasteiger partial charge in [-0.1, -0.05) is 0 Å². The van der Waals surface area contributed by atoms with Gasteiger partial charge >= 0.3 is 0 Å². The number of thiazole rings is 1. The lowest BCUT2D eigenvalue weighted by Crippen LogP contribution is -2.25. The number of hydrogen-bond donors (Lipinski definition) is 2. The first-order valence-electron chi connectivity index (χ1n) is 6.49. The molecule has 0 saturated heterocycles. The normalized spacial score (nSPS) is 12.0. The number of hydrogen-bond acceptors (Lipinski definition) is 6. The predicted molar refractivity (Wildman–Crippen MR) is 81.8 cm³/mol. The predicted octanol–water partition coefficient (Wildman–Crippen LogP) is 1.86. The van der Waals surface area contributed by atoms with Gasteiger partial charge in [0.2, 0.25) is 10.0 Å². The summed E-state index contributed by atoms with van der Waals surface area (Å²) in [6.45, 7) is 5.93. The Hall–Kier alpha value is -1.22. The van der Waals surface area contributed by atoms with Gasteiger partial charge in [-0.2, -0.15) is 0 Å². The van der Waals surface area contributed by atoms with Gasteiger partial charge in [-0.25, -0.2) is 18.1 Å². The van der Waals surface area contributed by atoms with Crippen LogP contribution >= 0.6 is 11.3 Å². The third kappa shape index (κ3) is 3.52. The zero-order valence-electron chi connectivity index (χ0n) is 12.5. The fraction of sp³-hybridized carbons (Fsp3) is 0.462. The molecule has 0 unspecified atom stereocenters. The van der Waals surface area contributed by atoms with Crippen molar-refractivity contribution < 1.29 is 12.8 Å². The van der Waals surface area contributed by atoms with E-state index >= 15 is 0 Å². The molecule has 21 heavy (non-hydrogen) atoms. The Morgan fingerprint density at radius 3 is 2.52 bits per heavy atom. The second kappa shape index (κ2) is 6.27. The first kappa shape index (κ1) is 16.2. The minimum Gasteiger partial charge on any atom is -0.465 e. The van der Waals surface area contributed by atoms with E-state index in [2.05, 4.69) is 15.0 Å². The quantitative estimate of drug-likeness (QED) is 0.845. The van der Waals surface area contributed by atoms with Crippen molar-refractivity contribution in [1.29, 1.82) is 0 Å². The van der Waals surface area contributed by atoms with Crippen LogP contribution in [0.15, 0.2) is 14.7 Å². The minimum absolute atomic E-state index is 0.184. The van der Waals surface area contributed by atoms with Gasteiger partial charge in [-0.3, -0.25) is 0 Å². The van der Waals surface area contributed by atoms with Crippen LogP contribution in [0.4, 0.5) is 0 Å². The van der Waals surface area contributed by atoms with Crippen LogP contribution in [-0.4, -0.2) is 20.4 Å². The van der Waals surface area contributed by atoms with Gasteiger partial charge < -0.3 is 9.73 Å². The van der Waals surface area contributed by atoms with Crippen molar-refractivity contribution >= 4 is 21.4 Å². The Bertz CT molecular complexity index is 732. The summed E-state index contributed by atoms with van der Waals surface area (Å²) in [5.74, 6) is 1.02. The summed E-state index contributed by atoms with van der Waals surface area (Å²) in [7, 11) is -1.86. The second-order valence-corrected chi connectivity index (χ2v) is 7.41. The Morgan fingerprint density at radius 1 is 1.24 bits per heavy atom. The van der Waals surface area contributed by atoms with Gasteiger partial charge in [0.1, 0.15) is 21.4 Å². The molecule has 0 radical (unpaired) electrons. The van der Waals surface area contributed by atoms with Gasteiger partial charge in [0, 0.05) is 23.2 Å². The molecule has 0 atom stereocenters. The molecule has 116 valence electrons. The molecule has 8 heteroatoms.